The summed E-state index contributed by atoms with van der Waals surface area (Å²) >= 11 is 0. The molecule has 0 spiro atoms. The van der Waals surface area contributed by atoms with Crippen molar-refractivity contribution in [3.8, 4) is 0 Å². The molecule has 1 aromatic rings. The fourth-order valence-corrected chi connectivity index (χ4v) is 1.66. The van der Waals surface area contributed by atoms with E-state index in [2.05, 4.69) is 0 Å². The Labute approximate surface area is 107 Å². The molecule has 0 radical (unpaired) electrons. The second-order valence-corrected chi connectivity index (χ2v) is 4.12. The lowest BCUT2D eigenvalue weighted by Crippen LogP contribution is -2.38. The number of nitrogens with two attached hydrogens (primary N) is 2. The highest BCUT2D eigenvalue weighted by molar-refractivity contribution is 5.83. The summed E-state index contributed by atoms with van der Waals surface area (Å²) in [6.45, 7) is 2.30. The van der Waals surface area contributed by atoms with E-state index >= 15 is 0 Å². The number of anilines is 1. The van der Waals surface area contributed by atoms with E-state index in [0.717, 1.165) is 5.56 Å². The number of hydrogen-bond acceptors (Lipinski definition) is 3. The maximum Gasteiger partial charge on any atom is 0.237 e. The van der Waals surface area contributed by atoms with Crippen molar-refractivity contribution in [2.75, 3.05) is 18.8 Å². The SMILES string of the molecule is CCN(CC(N)=O)C(=O)CCc1ccc(N)cc1. The number of carbonyl (C=O) groups excluding carboxylic acids is 2. The number of carbonyl (C=O) groups is 2. The highest BCUT2D eigenvalue weighted by Crippen LogP contribution is 2.08. The maximum absolute atomic E-state index is 11.8. The van der Waals surface area contributed by atoms with Crippen LogP contribution in [0.15, 0.2) is 24.3 Å². The van der Waals surface area contributed by atoms with Crippen LogP contribution in [0.3, 0.4) is 0 Å². The van der Waals surface area contributed by atoms with Crippen molar-refractivity contribution < 1.29 is 9.59 Å². The minimum absolute atomic E-state index is 0.0168. The van der Waals surface area contributed by atoms with Crippen LogP contribution in [0.4, 0.5) is 5.69 Å². The minimum atomic E-state index is -0.488. The number of primary amides is 1. The maximum atomic E-state index is 11.8. The van der Waals surface area contributed by atoms with E-state index in [9.17, 15) is 9.59 Å². The summed E-state index contributed by atoms with van der Waals surface area (Å²) in [5, 5.41) is 0. The van der Waals surface area contributed by atoms with Gasteiger partial charge in [0.25, 0.3) is 0 Å². The van der Waals surface area contributed by atoms with Gasteiger partial charge in [-0.15, -0.1) is 0 Å². The Kier molecular flexibility index (Phi) is 5.17. The molecule has 0 bridgehead atoms. The number of nitrogen functional groups attached to an aromatic ring is 1. The standard InChI is InChI=1S/C13H19N3O2/c1-2-16(9-12(15)17)13(18)8-5-10-3-6-11(14)7-4-10/h3-4,6-7H,2,5,8-9,14H2,1H3,(H2,15,17). The smallest absolute Gasteiger partial charge is 0.237 e. The molecule has 0 saturated carbocycles. The average Bonchev–Trinajstić information content (AvgIpc) is 2.34. The third-order valence-corrected chi connectivity index (χ3v) is 2.69. The molecule has 5 nitrogen and oxygen atoms in total. The third-order valence-electron chi connectivity index (χ3n) is 2.69. The number of benzene rings is 1. The van der Waals surface area contributed by atoms with E-state index < -0.39 is 5.91 Å². The van der Waals surface area contributed by atoms with Crippen molar-refractivity contribution in [2.24, 2.45) is 5.73 Å². The Morgan fingerprint density at radius 1 is 1.22 bits per heavy atom. The van der Waals surface area contributed by atoms with Crippen molar-refractivity contribution in [2.45, 2.75) is 19.8 Å². The highest BCUT2D eigenvalue weighted by atomic mass is 16.2. The van der Waals surface area contributed by atoms with Crippen LogP contribution in [0.5, 0.6) is 0 Å². The van der Waals surface area contributed by atoms with Gasteiger partial charge in [-0.1, -0.05) is 12.1 Å². The average molecular weight is 249 g/mol. The van der Waals surface area contributed by atoms with Crippen molar-refractivity contribution in [3.05, 3.63) is 29.8 Å². The van der Waals surface area contributed by atoms with Crippen molar-refractivity contribution >= 4 is 17.5 Å². The summed E-state index contributed by atoms with van der Waals surface area (Å²) in [6.07, 6.45) is 0.999. The molecule has 1 rings (SSSR count). The Morgan fingerprint density at radius 2 is 1.83 bits per heavy atom. The van der Waals surface area contributed by atoms with E-state index in [4.69, 9.17) is 11.5 Å². The molecule has 1 aromatic carbocycles. The lowest BCUT2D eigenvalue weighted by atomic mass is 10.1. The second-order valence-electron chi connectivity index (χ2n) is 4.12. The lowest BCUT2D eigenvalue weighted by Gasteiger charge is -2.18. The van der Waals surface area contributed by atoms with Gasteiger partial charge in [-0.05, 0) is 31.0 Å². The lowest BCUT2D eigenvalue weighted by molar-refractivity contribution is -0.134. The number of hydrogen-bond donors (Lipinski definition) is 2. The predicted octanol–water partition coefficient (Wildman–Crippen LogP) is 0.535. The number of rotatable bonds is 6. The zero-order valence-corrected chi connectivity index (χ0v) is 10.6. The van der Waals surface area contributed by atoms with Gasteiger partial charge in [0.15, 0.2) is 0 Å². The fourth-order valence-electron chi connectivity index (χ4n) is 1.66. The topological polar surface area (TPSA) is 89.4 Å². The summed E-state index contributed by atoms with van der Waals surface area (Å²) in [6, 6.07) is 7.40. The van der Waals surface area contributed by atoms with Crippen LogP contribution < -0.4 is 11.5 Å². The fraction of sp³-hybridized carbons (Fsp3) is 0.385. The Morgan fingerprint density at radius 3 is 2.33 bits per heavy atom. The molecule has 0 fully saturated rings. The van der Waals surface area contributed by atoms with Crippen molar-refractivity contribution in [1.82, 2.24) is 4.90 Å². The summed E-state index contributed by atoms with van der Waals surface area (Å²) in [4.78, 5) is 24.1. The molecule has 0 aliphatic rings. The normalized spacial score (nSPS) is 10.1. The highest BCUT2D eigenvalue weighted by Gasteiger charge is 2.13. The van der Waals surface area contributed by atoms with E-state index in [0.29, 0.717) is 25.1 Å². The molecule has 0 unspecified atom stereocenters. The summed E-state index contributed by atoms with van der Waals surface area (Å²) < 4.78 is 0. The van der Waals surface area contributed by atoms with Crippen LogP contribution in [0.2, 0.25) is 0 Å². The van der Waals surface area contributed by atoms with E-state index in [1.54, 1.807) is 12.1 Å². The van der Waals surface area contributed by atoms with Crippen LogP contribution in [0, 0.1) is 0 Å². The molecule has 4 N–H and O–H groups in total. The van der Waals surface area contributed by atoms with Crippen LogP contribution in [-0.2, 0) is 16.0 Å². The van der Waals surface area contributed by atoms with Gasteiger partial charge in [-0.3, -0.25) is 9.59 Å². The van der Waals surface area contributed by atoms with Gasteiger partial charge in [0.05, 0.1) is 6.54 Å². The van der Waals surface area contributed by atoms with Gasteiger partial charge in [-0.2, -0.15) is 0 Å². The van der Waals surface area contributed by atoms with E-state index in [1.807, 2.05) is 19.1 Å². The molecule has 0 aliphatic heterocycles. The van der Waals surface area contributed by atoms with Crippen LogP contribution in [0.25, 0.3) is 0 Å². The first-order valence-electron chi connectivity index (χ1n) is 5.93. The van der Waals surface area contributed by atoms with Crippen LogP contribution in [-0.4, -0.2) is 29.8 Å². The first-order chi connectivity index (χ1) is 8.52. The first kappa shape index (κ1) is 14.0. The summed E-state index contributed by atoms with van der Waals surface area (Å²) in [5.41, 5.74) is 12.4. The van der Waals surface area contributed by atoms with Gasteiger partial charge in [0.1, 0.15) is 0 Å². The zero-order valence-electron chi connectivity index (χ0n) is 10.6. The molecule has 0 heterocycles. The Hall–Kier alpha value is -2.04. The van der Waals surface area contributed by atoms with Gasteiger partial charge in [-0.25, -0.2) is 0 Å². The van der Waals surface area contributed by atoms with Crippen molar-refractivity contribution in [3.63, 3.8) is 0 Å². The van der Waals surface area contributed by atoms with Gasteiger partial charge < -0.3 is 16.4 Å². The second kappa shape index (κ2) is 6.64. The minimum Gasteiger partial charge on any atom is -0.399 e. The quantitative estimate of drug-likeness (QED) is 0.721. The monoisotopic (exact) mass is 249 g/mol. The molecular weight excluding hydrogens is 230 g/mol. The summed E-state index contributed by atoms with van der Waals surface area (Å²) in [7, 11) is 0. The Balaban J connectivity index is 2.49. The van der Waals surface area contributed by atoms with Crippen LogP contribution in [0.1, 0.15) is 18.9 Å². The van der Waals surface area contributed by atoms with E-state index in [-0.39, 0.29) is 12.5 Å². The molecule has 2 amide bonds. The molecule has 98 valence electrons. The molecule has 18 heavy (non-hydrogen) atoms. The number of nitrogens with zero attached hydrogens (tertiary/aromatic N) is 1. The number of amides is 2. The van der Waals surface area contributed by atoms with E-state index in [1.165, 1.54) is 4.90 Å². The third kappa shape index (κ3) is 4.45. The Bertz CT molecular complexity index is 415. The molecule has 0 aliphatic carbocycles. The summed E-state index contributed by atoms with van der Waals surface area (Å²) in [5.74, 6) is -0.550. The molecular formula is C13H19N3O2. The number of likely N-dealkylation sites (N-methyl/N-ethyl adjacent to an activating group) is 1. The molecule has 0 aromatic heterocycles. The predicted molar refractivity (Wildman–Crippen MR) is 70.6 cm³/mol. The van der Waals surface area contributed by atoms with Gasteiger partial charge in [0.2, 0.25) is 11.8 Å². The molecule has 5 heteroatoms. The zero-order chi connectivity index (χ0) is 13.5. The van der Waals surface area contributed by atoms with Gasteiger partial charge >= 0.3 is 0 Å². The molecule has 0 saturated heterocycles. The van der Waals surface area contributed by atoms with Crippen LogP contribution >= 0.6 is 0 Å². The molecule has 0 atom stereocenters. The van der Waals surface area contributed by atoms with Crippen molar-refractivity contribution in [1.29, 1.82) is 0 Å². The first-order valence-corrected chi connectivity index (χ1v) is 5.93. The van der Waals surface area contributed by atoms with Gasteiger partial charge in [0, 0.05) is 18.7 Å². The largest absolute Gasteiger partial charge is 0.399 e. The number of aryl methyl sites for hydroxylation is 1.